The number of aromatic hydroxyl groups is 1. The molecular weight excluding hydrogens is 450 g/mol. The third-order valence-electron chi connectivity index (χ3n) is 5.84. The summed E-state index contributed by atoms with van der Waals surface area (Å²) in [5.74, 6) is 1.98. The summed E-state index contributed by atoms with van der Waals surface area (Å²) in [5.41, 5.74) is 2.61. The number of phenols is 1. The second kappa shape index (κ2) is 11.2. The molecule has 3 aromatic rings. The molecule has 34 heavy (non-hydrogen) atoms. The molecule has 0 unspecified atom stereocenters. The highest BCUT2D eigenvalue weighted by Crippen LogP contribution is 2.34. The summed E-state index contributed by atoms with van der Waals surface area (Å²) in [7, 11) is 3.29. The minimum Gasteiger partial charge on any atom is -0.504 e. The van der Waals surface area contributed by atoms with E-state index in [9.17, 15) is 5.11 Å². The molecule has 7 nitrogen and oxygen atoms in total. The summed E-state index contributed by atoms with van der Waals surface area (Å²) >= 11 is 1.57. The van der Waals surface area contributed by atoms with Gasteiger partial charge in [-0.1, -0.05) is 19.3 Å². The molecule has 1 fully saturated rings. The average Bonchev–Trinajstić information content (AvgIpc) is 3.26. The van der Waals surface area contributed by atoms with Crippen LogP contribution in [-0.4, -0.2) is 42.9 Å². The lowest BCUT2D eigenvalue weighted by molar-refractivity contribution is 0.318. The van der Waals surface area contributed by atoms with Gasteiger partial charge in [0.05, 0.1) is 38.8 Å². The van der Waals surface area contributed by atoms with Gasteiger partial charge in [0.25, 0.3) is 0 Å². The molecule has 8 heteroatoms. The van der Waals surface area contributed by atoms with E-state index in [1.54, 1.807) is 50.0 Å². The first-order valence-corrected chi connectivity index (χ1v) is 12.5. The van der Waals surface area contributed by atoms with Gasteiger partial charge in [-0.15, -0.1) is 11.3 Å². The number of rotatable bonds is 8. The number of hydrogen-bond acceptors (Lipinski definition) is 7. The second-order valence-corrected chi connectivity index (χ2v) is 8.94. The summed E-state index contributed by atoms with van der Waals surface area (Å²) in [6, 6.07) is 11.3. The van der Waals surface area contributed by atoms with Gasteiger partial charge in [0.1, 0.15) is 11.5 Å². The number of aromatic nitrogens is 1. The molecule has 0 saturated heterocycles. The zero-order chi connectivity index (χ0) is 23.9. The molecule has 1 heterocycles. The van der Waals surface area contributed by atoms with Crippen LogP contribution >= 0.6 is 11.3 Å². The van der Waals surface area contributed by atoms with Crippen LogP contribution in [0.15, 0.2) is 51.9 Å². The van der Waals surface area contributed by atoms with Gasteiger partial charge in [0.15, 0.2) is 11.5 Å². The molecule has 0 atom stereocenters. The van der Waals surface area contributed by atoms with Crippen LogP contribution in [-0.2, 0) is 0 Å². The fourth-order valence-corrected chi connectivity index (χ4v) is 4.97. The van der Waals surface area contributed by atoms with Crippen molar-refractivity contribution in [1.82, 2.24) is 4.68 Å². The standard InChI is InChI=1S/C26H31N3O4S/c1-4-33-25-14-18(10-13-23(25)30)16-27-29-22(21-12-11-20(31-2)15-24(21)32-3)17-34-26(29)28-19-8-6-5-7-9-19/h10-17,19,30H,4-9H2,1-3H3. The number of nitrogens with zero attached hydrogens (tertiary/aromatic N) is 3. The Kier molecular flexibility index (Phi) is 7.90. The molecule has 180 valence electrons. The Bertz CT molecular complexity index is 1210. The van der Waals surface area contributed by atoms with Crippen molar-refractivity contribution < 1.29 is 19.3 Å². The molecule has 2 aromatic carbocycles. The Morgan fingerprint density at radius 3 is 2.62 bits per heavy atom. The predicted molar refractivity (Wildman–Crippen MR) is 136 cm³/mol. The monoisotopic (exact) mass is 481 g/mol. The van der Waals surface area contributed by atoms with Crippen LogP contribution < -0.4 is 19.0 Å². The van der Waals surface area contributed by atoms with Crippen LogP contribution in [0.5, 0.6) is 23.0 Å². The summed E-state index contributed by atoms with van der Waals surface area (Å²) in [6.07, 6.45) is 7.70. The van der Waals surface area contributed by atoms with E-state index in [0.29, 0.717) is 24.1 Å². The largest absolute Gasteiger partial charge is 0.504 e. The van der Waals surface area contributed by atoms with E-state index in [-0.39, 0.29) is 5.75 Å². The lowest BCUT2D eigenvalue weighted by Gasteiger charge is -2.17. The van der Waals surface area contributed by atoms with Gasteiger partial charge >= 0.3 is 0 Å². The van der Waals surface area contributed by atoms with Gasteiger partial charge in [-0.2, -0.15) is 5.10 Å². The number of hydrogen-bond donors (Lipinski definition) is 1. The number of ether oxygens (including phenoxy) is 3. The first-order chi connectivity index (χ1) is 16.6. The molecule has 4 rings (SSSR count). The van der Waals surface area contributed by atoms with Crippen LogP contribution in [0, 0.1) is 0 Å². The van der Waals surface area contributed by atoms with Gasteiger partial charge in [-0.25, -0.2) is 4.68 Å². The third kappa shape index (κ3) is 5.44. The maximum Gasteiger partial charge on any atom is 0.206 e. The molecule has 1 aliphatic rings. The van der Waals surface area contributed by atoms with Crippen LogP contribution in [0.1, 0.15) is 44.6 Å². The third-order valence-corrected chi connectivity index (χ3v) is 6.67. The summed E-state index contributed by atoms with van der Waals surface area (Å²) < 4.78 is 18.4. The van der Waals surface area contributed by atoms with Gasteiger partial charge in [0.2, 0.25) is 4.80 Å². The Morgan fingerprint density at radius 2 is 1.88 bits per heavy atom. The van der Waals surface area contributed by atoms with E-state index < -0.39 is 0 Å². The Hall–Kier alpha value is -3.26. The zero-order valence-electron chi connectivity index (χ0n) is 19.9. The molecule has 0 amide bonds. The normalized spacial score (nSPS) is 15.1. The van der Waals surface area contributed by atoms with Crippen LogP contribution in [0.25, 0.3) is 11.3 Å². The van der Waals surface area contributed by atoms with E-state index in [2.05, 4.69) is 5.38 Å². The van der Waals surface area contributed by atoms with E-state index in [1.165, 1.54) is 19.3 Å². The number of benzene rings is 2. The fraction of sp³-hybridized carbons (Fsp3) is 0.385. The second-order valence-electron chi connectivity index (χ2n) is 8.11. The molecule has 0 bridgehead atoms. The fourth-order valence-electron chi connectivity index (χ4n) is 4.07. The highest BCUT2D eigenvalue weighted by Gasteiger charge is 2.16. The summed E-state index contributed by atoms with van der Waals surface area (Å²) in [6.45, 7) is 2.36. The van der Waals surface area contributed by atoms with Crippen molar-refractivity contribution in [3.8, 4) is 34.3 Å². The van der Waals surface area contributed by atoms with Crippen molar-refractivity contribution in [2.75, 3.05) is 20.8 Å². The Morgan fingerprint density at radius 1 is 1.06 bits per heavy atom. The first kappa shape index (κ1) is 23.9. The Labute approximate surface area is 204 Å². The lowest BCUT2D eigenvalue weighted by atomic mass is 9.96. The minimum atomic E-state index is 0.110. The van der Waals surface area contributed by atoms with Gasteiger partial charge in [0, 0.05) is 17.0 Å². The van der Waals surface area contributed by atoms with Gasteiger partial charge < -0.3 is 19.3 Å². The van der Waals surface area contributed by atoms with Gasteiger partial charge in [-0.3, -0.25) is 4.99 Å². The lowest BCUT2D eigenvalue weighted by Crippen LogP contribution is -2.19. The SMILES string of the molecule is CCOc1cc(C=Nn2c(-c3ccc(OC)cc3OC)csc2=NC2CCCCC2)ccc1O. The van der Waals surface area contributed by atoms with Crippen molar-refractivity contribution in [3.63, 3.8) is 0 Å². The topological polar surface area (TPSA) is 77.6 Å². The quantitative estimate of drug-likeness (QED) is 0.434. The first-order valence-electron chi connectivity index (χ1n) is 11.6. The van der Waals surface area contributed by atoms with Crippen LogP contribution in [0.4, 0.5) is 0 Å². The van der Waals surface area contributed by atoms with Crippen molar-refractivity contribution in [1.29, 1.82) is 0 Å². The predicted octanol–water partition coefficient (Wildman–Crippen LogP) is 5.45. The van der Waals surface area contributed by atoms with E-state index in [1.807, 2.05) is 29.8 Å². The highest BCUT2D eigenvalue weighted by molar-refractivity contribution is 7.07. The van der Waals surface area contributed by atoms with Crippen molar-refractivity contribution >= 4 is 17.6 Å². The maximum absolute atomic E-state index is 10.0. The van der Waals surface area contributed by atoms with Crippen molar-refractivity contribution in [2.45, 2.75) is 45.1 Å². The molecular formula is C26H31N3O4S. The summed E-state index contributed by atoms with van der Waals surface area (Å²) in [4.78, 5) is 5.91. The molecule has 1 aromatic heterocycles. The van der Waals surface area contributed by atoms with Crippen LogP contribution in [0.2, 0.25) is 0 Å². The minimum absolute atomic E-state index is 0.110. The van der Waals surface area contributed by atoms with Gasteiger partial charge in [-0.05, 0) is 55.7 Å². The molecule has 1 aliphatic carbocycles. The van der Waals surface area contributed by atoms with E-state index in [0.717, 1.165) is 40.2 Å². The smallest absolute Gasteiger partial charge is 0.206 e. The maximum atomic E-state index is 10.0. The molecule has 1 saturated carbocycles. The Balaban J connectivity index is 1.79. The molecule has 0 radical (unpaired) electrons. The molecule has 1 N–H and O–H groups in total. The number of methoxy groups -OCH3 is 2. The number of phenolic OH excluding ortho intramolecular Hbond substituents is 1. The summed E-state index contributed by atoms with van der Waals surface area (Å²) in [5, 5.41) is 16.9. The van der Waals surface area contributed by atoms with Crippen molar-refractivity contribution in [2.24, 2.45) is 10.1 Å². The number of thiazole rings is 1. The molecule has 0 aliphatic heterocycles. The highest BCUT2D eigenvalue weighted by atomic mass is 32.1. The van der Waals surface area contributed by atoms with E-state index >= 15 is 0 Å². The molecule has 0 spiro atoms. The van der Waals surface area contributed by atoms with Crippen molar-refractivity contribution in [3.05, 3.63) is 52.1 Å². The van der Waals surface area contributed by atoms with Crippen LogP contribution in [0.3, 0.4) is 0 Å². The van der Waals surface area contributed by atoms with E-state index in [4.69, 9.17) is 24.3 Å². The zero-order valence-corrected chi connectivity index (χ0v) is 20.7. The average molecular weight is 482 g/mol.